The van der Waals surface area contributed by atoms with Gasteiger partial charge in [-0.05, 0) is 36.6 Å². The molecule has 0 fully saturated rings. The van der Waals surface area contributed by atoms with Crippen molar-refractivity contribution in [1.29, 1.82) is 0 Å². The van der Waals surface area contributed by atoms with Crippen LogP contribution in [-0.4, -0.2) is 24.1 Å². The number of rotatable bonds is 7. The Kier molecular flexibility index (Phi) is 6.34. The van der Waals surface area contributed by atoms with Crippen LogP contribution >= 0.6 is 0 Å². The van der Waals surface area contributed by atoms with E-state index in [-0.39, 0.29) is 12.5 Å². The zero-order chi connectivity index (χ0) is 18.3. The highest BCUT2D eigenvalue weighted by Crippen LogP contribution is 2.28. The molecule has 2 aromatic rings. The van der Waals surface area contributed by atoms with Crippen LogP contribution in [0.3, 0.4) is 0 Å². The minimum absolute atomic E-state index is 0.00580. The van der Waals surface area contributed by atoms with Gasteiger partial charge in [-0.25, -0.2) is 9.59 Å². The van der Waals surface area contributed by atoms with E-state index in [0.29, 0.717) is 17.5 Å². The number of carbonyl (C=O) groups excluding carboxylic acids is 2. The summed E-state index contributed by atoms with van der Waals surface area (Å²) in [6.45, 7) is 5.86. The van der Waals surface area contributed by atoms with E-state index in [4.69, 9.17) is 9.47 Å². The number of benzene rings is 2. The summed E-state index contributed by atoms with van der Waals surface area (Å²) < 4.78 is 11.3. The third-order valence-electron chi connectivity index (χ3n) is 4.41. The van der Waals surface area contributed by atoms with E-state index in [1.807, 2.05) is 32.9 Å². The van der Waals surface area contributed by atoms with E-state index in [9.17, 15) is 9.59 Å². The first-order valence-corrected chi connectivity index (χ1v) is 8.49. The average molecular weight is 340 g/mol. The zero-order valence-corrected chi connectivity index (χ0v) is 14.9. The second-order valence-electron chi connectivity index (χ2n) is 6.27. The SMILES string of the molecule is CCC(COC(=O)c1ccccc1)(OC(=O)c1ccccc1)C(C)C. The summed E-state index contributed by atoms with van der Waals surface area (Å²) >= 11 is 0. The molecule has 1 atom stereocenters. The average Bonchev–Trinajstić information content (AvgIpc) is 2.66. The van der Waals surface area contributed by atoms with Gasteiger partial charge in [-0.15, -0.1) is 0 Å². The van der Waals surface area contributed by atoms with Gasteiger partial charge in [0, 0.05) is 0 Å². The maximum Gasteiger partial charge on any atom is 0.338 e. The van der Waals surface area contributed by atoms with E-state index >= 15 is 0 Å². The van der Waals surface area contributed by atoms with Gasteiger partial charge in [-0.3, -0.25) is 0 Å². The third-order valence-corrected chi connectivity index (χ3v) is 4.41. The van der Waals surface area contributed by atoms with Gasteiger partial charge < -0.3 is 9.47 Å². The van der Waals surface area contributed by atoms with Crippen molar-refractivity contribution in [2.75, 3.05) is 6.61 Å². The van der Waals surface area contributed by atoms with Crippen molar-refractivity contribution in [2.24, 2.45) is 5.92 Å². The molecule has 0 heterocycles. The number of ether oxygens (including phenoxy) is 2. The molecule has 0 aliphatic rings. The monoisotopic (exact) mass is 340 g/mol. The lowest BCUT2D eigenvalue weighted by molar-refractivity contribution is -0.0813. The fourth-order valence-corrected chi connectivity index (χ4v) is 2.56. The summed E-state index contributed by atoms with van der Waals surface area (Å²) in [5.74, 6) is -0.838. The van der Waals surface area contributed by atoms with Crippen molar-refractivity contribution in [1.82, 2.24) is 0 Å². The number of esters is 2. The Morgan fingerprint density at radius 3 is 1.80 bits per heavy atom. The molecule has 0 aliphatic carbocycles. The predicted molar refractivity (Wildman–Crippen MR) is 96.4 cm³/mol. The van der Waals surface area contributed by atoms with Crippen LogP contribution in [0.5, 0.6) is 0 Å². The molecule has 0 radical (unpaired) electrons. The summed E-state index contributed by atoms with van der Waals surface area (Å²) in [6, 6.07) is 17.6. The minimum atomic E-state index is -0.864. The van der Waals surface area contributed by atoms with Gasteiger partial charge in [0.15, 0.2) is 0 Å². The highest BCUT2D eigenvalue weighted by atomic mass is 16.6. The van der Waals surface area contributed by atoms with E-state index in [1.54, 1.807) is 48.5 Å². The normalized spacial score (nSPS) is 13.1. The minimum Gasteiger partial charge on any atom is -0.458 e. The molecular formula is C21H24O4. The molecule has 1 unspecified atom stereocenters. The Hall–Kier alpha value is -2.62. The van der Waals surface area contributed by atoms with Crippen LogP contribution < -0.4 is 0 Å². The van der Waals surface area contributed by atoms with Gasteiger partial charge in [0.25, 0.3) is 0 Å². The highest BCUT2D eigenvalue weighted by molar-refractivity contribution is 5.90. The molecule has 132 valence electrons. The fraction of sp³-hybridized carbons (Fsp3) is 0.333. The Morgan fingerprint density at radius 1 is 0.880 bits per heavy atom. The van der Waals surface area contributed by atoms with Gasteiger partial charge >= 0.3 is 11.9 Å². The van der Waals surface area contributed by atoms with Gasteiger partial charge in [-0.1, -0.05) is 57.2 Å². The smallest absolute Gasteiger partial charge is 0.338 e. The predicted octanol–water partition coefficient (Wildman–Crippen LogP) is 4.51. The van der Waals surface area contributed by atoms with Crippen LogP contribution in [0.25, 0.3) is 0 Å². The zero-order valence-electron chi connectivity index (χ0n) is 14.9. The molecule has 2 rings (SSSR count). The fourth-order valence-electron chi connectivity index (χ4n) is 2.56. The molecule has 0 amide bonds. The molecule has 0 saturated carbocycles. The molecule has 0 aromatic heterocycles. The molecular weight excluding hydrogens is 316 g/mol. The summed E-state index contributed by atoms with van der Waals surface area (Å²) in [7, 11) is 0. The molecule has 2 aromatic carbocycles. The topological polar surface area (TPSA) is 52.6 Å². The van der Waals surface area contributed by atoms with Crippen LogP contribution in [-0.2, 0) is 9.47 Å². The maximum absolute atomic E-state index is 12.5. The molecule has 0 N–H and O–H groups in total. The van der Waals surface area contributed by atoms with Crippen LogP contribution in [0.15, 0.2) is 60.7 Å². The Balaban J connectivity index is 2.12. The molecule has 0 bridgehead atoms. The van der Waals surface area contributed by atoms with Crippen molar-refractivity contribution in [3.63, 3.8) is 0 Å². The van der Waals surface area contributed by atoms with E-state index < -0.39 is 17.5 Å². The van der Waals surface area contributed by atoms with Gasteiger partial charge in [-0.2, -0.15) is 0 Å². The van der Waals surface area contributed by atoms with Crippen molar-refractivity contribution in [2.45, 2.75) is 32.8 Å². The first-order valence-electron chi connectivity index (χ1n) is 8.49. The molecule has 4 nitrogen and oxygen atoms in total. The number of carbonyl (C=O) groups is 2. The van der Waals surface area contributed by atoms with Crippen molar-refractivity contribution < 1.29 is 19.1 Å². The second kappa shape index (κ2) is 8.47. The van der Waals surface area contributed by atoms with Crippen LogP contribution in [0.2, 0.25) is 0 Å². The third kappa shape index (κ3) is 4.69. The Morgan fingerprint density at radius 2 is 1.36 bits per heavy atom. The quantitative estimate of drug-likeness (QED) is 0.696. The first-order chi connectivity index (χ1) is 12.0. The van der Waals surface area contributed by atoms with Gasteiger partial charge in [0.2, 0.25) is 0 Å². The molecule has 25 heavy (non-hydrogen) atoms. The van der Waals surface area contributed by atoms with Crippen LogP contribution in [0, 0.1) is 5.92 Å². The van der Waals surface area contributed by atoms with E-state index in [0.717, 1.165) is 0 Å². The summed E-state index contributed by atoms with van der Waals surface area (Å²) in [5.41, 5.74) is 0.0955. The van der Waals surface area contributed by atoms with E-state index in [1.165, 1.54) is 0 Å². The summed E-state index contributed by atoms with van der Waals surface area (Å²) in [5, 5.41) is 0. The van der Waals surface area contributed by atoms with Gasteiger partial charge in [0.05, 0.1) is 11.1 Å². The van der Waals surface area contributed by atoms with Crippen molar-refractivity contribution in [3.05, 3.63) is 71.8 Å². The van der Waals surface area contributed by atoms with Crippen LogP contribution in [0.4, 0.5) is 0 Å². The van der Waals surface area contributed by atoms with Crippen molar-refractivity contribution >= 4 is 11.9 Å². The lowest BCUT2D eigenvalue weighted by atomic mass is 9.88. The highest BCUT2D eigenvalue weighted by Gasteiger charge is 2.38. The summed E-state index contributed by atoms with van der Waals surface area (Å²) in [4.78, 5) is 24.7. The van der Waals surface area contributed by atoms with Crippen molar-refractivity contribution in [3.8, 4) is 0 Å². The number of hydrogen-bond acceptors (Lipinski definition) is 4. The molecule has 0 spiro atoms. The molecule has 0 aliphatic heterocycles. The summed E-state index contributed by atoms with van der Waals surface area (Å²) in [6.07, 6.45) is 0.547. The lowest BCUT2D eigenvalue weighted by Crippen LogP contribution is -2.45. The Bertz CT molecular complexity index is 694. The Labute approximate surface area is 148 Å². The largest absolute Gasteiger partial charge is 0.458 e. The van der Waals surface area contributed by atoms with Gasteiger partial charge in [0.1, 0.15) is 12.2 Å². The van der Waals surface area contributed by atoms with Crippen LogP contribution in [0.1, 0.15) is 47.9 Å². The standard InChI is InChI=1S/C21H24O4/c1-4-21(16(2)3,25-20(23)18-13-9-6-10-14-18)15-24-19(22)17-11-7-5-8-12-17/h5-14,16H,4,15H2,1-3H3. The molecule has 4 heteroatoms. The number of hydrogen-bond donors (Lipinski definition) is 0. The first kappa shape index (κ1) is 18.7. The van der Waals surface area contributed by atoms with E-state index in [2.05, 4.69) is 0 Å². The molecule has 0 saturated heterocycles. The maximum atomic E-state index is 12.5. The lowest BCUT2D eigenvalue weighted by Gasteiger charge is -2.35. The second-order valence-corrected chi connectivity index (χ2v) is 6.27.